The van der Waals surface area contributed by atoms with Crippen LogP contribution in [0.3, 0.4) is 0 Å². The number of hydrogen-bond acceptors (Lipinski definition) is 5. The first-order chi connectivity index (χ1) is 16.5. The van der Waals surface area contributed by atoms with Crippen LogP contribution in [0, 0.1) is 5.82 Å². The minimum absolute atomic E-state index is 0.0187. The van der Waals surface area contributed by atoms with E-state index in [1.54, 1.807) is 19.1 Å². The van der Waals surface area contributed by atoms with Crippen LogP contribution in [-0.4, -0.2) is 56.7 Å². The molecule has 6 nitrogen and oxygen atoms in total. The van der Waals surface area contributed by atoms with E-state index in [2.05, 4.69) is 0 Å². The fourth-order valence-corrected chi connectivity index (χ4v) is 6.13. The molecule has 12 heteroatoms. The van der Waals surface area contributed by atoms with Crippen LogP contribution in [0.2, 0.25) is 0 Å². The van der Waals surface area contributed by atoms with E-state index in [0.29, 0.717) is 11.5 Å². The molecule has 2 aliphatic heterocycles. The molecule has 0 amide bonds. The van der Waals surface area contributed by atoms with Crippen molar-refractivity contribution in [3.8, 4) is 0 Å². The monoisotopic (exact) mass is 528 g/mol. The van der Waals surface area contributed by atoms with Crippen molar-refractivity contribution in [2.45, 2.75) is 62.9 Å². The molecule has 1 unspecified atom stereocenters. The lowest BCUT2D eigenvalue weighted by atomic mass is 9.79. The first-order valence-electron chi connectivity index (χ1n) is 11.6. The Morgan fingerprint density at radius 3 is 2.22 bits per heavy atom. The third-order valence-corrected chi connectivity index (χ3v) is 9.17. The van der Waals surface area contributed by atoms with Crippen molar-refractivity contribution in [1.82, 2.24) is 4.31 Å². The maximum Gasteiger partial charge on any atom is 0.494 e. The van der Waals surface area contributed by atoms with Crippen LogP contribution < -0.4 is 10.4 Å². The third kappa shape index (κ3) is 4.88. The summed E-state index contributed by atoms with van der Waals surface area (Å²) in [5.74, 6) is -0.984. The smallest absolute Gasteiger partial charge is 0.399 e. The highest BCUT2D eigenvalue weighted by Crippen LogP contribution is 2.39. The first-order valence-corrected chi connectivity index (χ1v) is 13.1. The molecular formula is C24H29BF4N2O4S. The lowest BCUT2D eigenvalue weighted by molar-refractivity contribution is -0.137. The van der Waals surface area contributed by atoms with E-state index >= 15 is 0 Å². The molecule has 2 aliphatic rings. The molecular weight excluding hydrogens is 499 g/mol. The number of sulfonamides is 1. The molecule has 0 bridgehead atoms. The second-order valence-corrected chi connectivity index (χ2v) is 12.1. The van der Waals surface area contributed by atoms with Gasteiger partial charge in [-0.25, -0.2) is 12.8 Å². The number of piperazine rings is 1. The maximum atomic E-state index is 13.5. The quantitative estimate of drug-likeness (QED) is 0.443. The number of halogens is 4. The number of anilines is 1. The standard InChI is InChI=1S/C24H29BF4N2O4S/c1-16-15-30(21-10-9-18(26)14-20(21)24(27,28)29)11-12-31(16)36(32,33)19-8-6-7-17(13-19)25-34-22(2,3)23(4,5)35-25/h6-10,13-14,16H,11-12,15H2,1-5H3. The van der Waals surface area contributed by atoms with E-state index in [1.807, 2.05) is 27.7 Å². The van der Waals surface area contributed by atoms with Crippen molar-refractivity contribution in [3.63, 3.8) is 0 Å². The summed E-state index contributed by atoms with van der Waals surface area (Å²) < 4.78 is 94.5. The van der Waals surface area contributed by atoms with Crippen molar-refractivity contribution in [3.05, 3.63) is 53.8 Å². The third-order valence-electron chi connectivity index (χ3n) is 7.16. The Balaban J connectivity index is 1.56. The minimum Gasteiger partial charge on any atom is -0.399 e. The highest BCUT2D eigenvalue weighted by molar-refractivity contribution is 7.89. The van der Waals surface area contributed by atoms with Gasteiger partial charge in [0.1, 0.15) is 5.82 Å². The van der Waals surface area contributed by atoms with Gasteiger partial charge in [0.2, 0.25) is 10.0 Å². The largest absolute Gasteiger partial charge is 0.494 e. The summed E-state index contributed by atoms with van der Waals surface area (Å²) in [6, 6.07) is 8.23. The summed E-state index contributed by atoms with van der Waals surface area (Å²) >= 11 is 0. The zero-order valence-corrected chi connectivity index (χ0v) is 21.6. The molecule has 2 fully saturated rings. The van der Waals surface area contributed by atoms with Crippen molar-refractivity contribution in [2.75, 3.05) is 24.5 Å². The predicted octanol–water partition coefficient (Wildman–Crippen LogP) is 4.04. The molecule has 0 N–H and O–H groups in total. The molecule has 0 saturated carbocycles. The first kappa shape index (κ1) is 26.9. The maximum absolute atomic E-state index is 13.5. The van der Waals surface area contributed by atoms with E-state index in [9.17, 15) is 26.0 Å². The Morgan fingerprint density at radius 2 is 1.64 bits per heavy atom. The second kappa shape index (κ2) is 9.00. The van der Waals surface area contributed by atoms with Gasteiger partial charge in [-0.3, -0.25) is 0 Å². The van der Waals surface area contributed by atoms with Crippen LogP contribution in [0.4, 0.5) is 23.2 Å². The van der Waals surface area contributed by atoms with E-state index < -0.39 is 51.9 Å². The average Bonchev–Trinajstić information content (AvgIpc) is 3.00. The Bertz CT molecular complexity index is 1240. The van der Waals surface area contributed by atoms with Crippen LogP contribution in [0.15, 0.2) is 47.4 Å². The van der Waals surface area contributed by atoms with Crippen LogP contribution in [0.5, 0.6) is 0 Å². The van der Waals surface area contributed by atoms with Gasteiger partial charge in [-0.2, -0.15) is 17.5 Å². The van der Waals surface area contributed by atoms with Gasteiger partial charge in [0.15, 0.2) is 0 Å². The molecule has 1 atom stereocenters. The number of nitrogens with zero attached hydrogens (tertiary/aromatic N) is 2. The molecule has 196 valence electrons. The molecule has 0 spiro atoms. The molecule has 0 aromatic heterocycles. The van der Waals surface area contributed by atoms with Crippen LogP contribution >= 0.6 is 0 Å². The molecule has 36 heavy (non-hydrogen) atoms. The molecule has 4 rings (SSSR count). The summed E-state index contributed by atoms with van der Waals surface area (Å²) in [4.78, 5) is 1.49. The zero-order chi connectivity index (χ0) is 26.7. The normalized spacial score (nSPS) is 22.8. The molecule has 2 heterocycles. The number of rotatable bonds is 4. The SMILES string of the molecule is CC1CN(c2ccc(F)cc2C(F)(F)F)CCN1S(=O)(=O)c1cccc(B2OC(C)(C)C(C)(C)O2)c1. The van der Waals surface area contributed by atoms with Crippen molar-refractivity contribution in [1.29, 1.82) is 0 Å². The van der Waals surface area contributed by atoms with Gasteiger partial charge >= 0.3 is 13.3 Å². The lowest BCUT2D eigenvalue weighted by Gasteiger charge is -2.40. The van der Waals surface area contributed by atoms with Crippen molar-refractivity contribution < 1.29 is 35.3 Å². The lowest BCUT2D eigenvalue weighted by Crippen LogP contribution is -2.54. The van der Waals surface area contributed by atoms with Gasteiger partial charge in [0.05, 0.1) is 21.7 Å². The molecule has 2 saturated heterocycles. The molecule has 2 aromatic carbocycles. The van der Waals surface area contributed by atoms with E-state index in [1.165, 1.54) is 21.3 Å². The van der Waals surface area contributed by atoms with Crippen molar-refractivity contribution in [2.24, 2.45) is 0 Å². The predicted molar refractivity (Wildman–Crippen MR) is 129 cm³/mol. The highest BCUT2D eigenvalue weighted by Gasteiger charge is 2.52. The molecule has 0 radical (unpaired) electrons. The Hall–Kier alpha value is -2.15. The van der Waals surface area contributed by atoms with E-state index in [0.717, 1.165) is 12.1 Å². The van der Waals surface area contributed by atoms with Gasteiger partial charge in [-0.05, 0) is 70.4 Å². The van der Waals surface area contributed by atoms with Crippen molar-refractivity contribution >= 4 is 28.3 Å². The zero-order valence-electron chi connectivity index (χ0n) is 20.8. The van der Waals surface area contributed by atoms with Crippen LogP contribution in [0.25, 0.3) is 0 Å². The summed E-state index contributed by atoms with van der Waals surface area (Å²) in [5.41, 5.74) is -1.88. The van der Waals surface area contributed by atoms with Crippen LogP contribution in [0.1, 0.15) is 40.2 Å². The average molecular weight is 528 g/mol. The topological polar surface area (TPSA) is 59.1 Å². The molecule has 2 aromatic rings. The Kier molecular flexibility index (Phi) is 6.73. The van der Waals surface area contributed by atoms with E-state index in [4.69, 9.17) is 9.31 Å². The number of benzene rings is 2. The van der Waals surface area contributed by atoms with Gasteiger partial charge in [0, 0.05) is 31.4 Å². The highest BCUT2D eigenvalue weighted by atomic mass is 32.2. The number of alkyl halides is 3. The summed E-state index contributed by atoms with van der Waals surface area (Å²) in [7, 11) is -4.70. The number of hydrogen-bond donors (Lipinski definition) is 0. The second-order valence-electron chi connectivity index (χ2n) is 10.2. The fraction of sp³-hybridized carbons (Fsp3) is 0.500. The van der Waals surface area contributed by atoms with E-state index in [-0.39, 0.29) is 30.2 Å². The minimum atomic E-state index is -4.74. The Labute approximate surface area is 209 Å². The van der Waals surface area contributed by atoms with Crippen LogP contribution in [-0.2, 0) is 25.5 Å². The van der Waals surface area contributed by atoms with Gasteiger partial charge < -0.3 is 14.2 Å². The molecule has 0 aliphatic carbocycles. The van der Waals surface area contributed by atoms with Gasteiger partial charge in [-0.15, -0.1) is 0 Å². The fourth-order valence-electron chi connectivity index (χ4n) is 4.46. The summed E-state index contributed by atoms with van der Waals surface area (Å²) in [5, 5.41) is 0. The Morgan fingerprint density at radius 1 is 1.00 bits per heavy atom. The van der Waals surface area contributed by atoms with Gasteiger partial charge in [-0.1, -0.05) is 12.1 Å². The summed E-state index contributed by atoms with van der Waals surface area (Å²) in [6.07, 6.45) is -4.74. The summed E-state index contributed by atoms with van der Waals surface area (Å²) in [6.45, 7) is 9.26. The van der Waals surface area contributed by atoms with Gasteiger partial charge in [0.25, 0.3) is 0 Å².